The summed E-state index contributed by atoms with van der Waals surface area (Å²) in [5.74, 6) is 0.537. The average Bonchev–Trinajstić information content (AvgIpc) is 2.22. The molecule has 0 aliphatic carbocycles. The van der Waals surface area contributed by atoms with Crippen molar-refractivity contribution in [2.24, 2.45) is 11.3 Å². The number of aliphatic hydroxyl groups excluding tert-OH is 2. The van der Waals surface area contributed by atoms with Crippen LogP contribution in [0.4, 0.5) is 0 Å². The Balaban J connectivity index is 4.00. The second-order valence-corrected chi connectivity index (χ2v) is 5.22. The summed E-state index contributed by atoms with van der Waals surface area (Å²) in [6.45, 7) is 6.72. The minimum Gasteiger partial charge on any atom is -0.396 e. The molecule has 0 aromatic rings. The van der Waals surface area contributed by atoms with Crippen molar-refractivity contribution in [2.75, 3.05) is 13.2 Å². The van der Waals surface area contributed by atoms with Crippen molar-refractivity contribution >= 4 is 0 Å². The molecule has 0 aromatic heterocycles. The smallest absolute Gasteiger partial charge is 0.0509 e. The highest BCUT2D eigenvalue weighted by molar-refractivity contribution is 4.79. The Bertz CT molecular complexity index is 139. The van der Waals surface area contributed by atoms with Crippen molar-refractivity contribution in [2.45, 2.75) is 59.3 Å². The number of unbranched alkanes of at least 4 members (excludes halogenated alkanes) is 3. The van der Waals surface area contributed by atoms with Crippen molar-refractivity contribution in [3.8, 4) is 0 Å². The van der Waals surface area contributed by atoms with E-state index >= 15 is 0 Å². The Morgan fingerprint density at radius 1 is 1.00 bits per heavy atom. The first-order valence-corrected chi connectivity index (χ1v) is 6.32. The summed E-state index contributed by atoms with van der Waals surface area (Å²) in [6, 6.07) is 0. The Labute approximate surface area is 94.7 Å². The van der Waals surface area contributed by atoms with Crippen LogP contribution in [0, 0.1) is 11.3 Å². The van der Waals surface area contributed by atoms with Crippen LogP contribution < -0.4 is 0 Å². The lowest BCUT2D eigenvalue weighted by molar-refractivity contribution is 0.0275. The van der Waals surface area contributed by atoms with Crippen LogP contribution >= 0.6 is 0 Å². The zero-order chi connectivity index (χ0) is 11.7. The normalized spacial score (nSPS) is 12.4. The maximum absolute atomic E-state index is 9.42. The molecule has 0 unspecified atom stereocenters. The average molecular weight is 216 g/mol. The van der Waals surface area contributed by atoms with Crippen LogP contribution in [0.5, 0.6) is 0 Å². The molecule has 0 spiro atoms. The number of rotatable bonds is 9. The fourth-order valence-corrected chi connectivity index (χ4v) is 2.23. The summed E-state index contributed by atoms with van der Waals surface area (Å²) in [5, 5.41) is 18.8. The van der Waals surface area contributed by atoms with Gasteiger partial charge in [-0.25, -0.2) is 0 Å². The van der Waals surface area contributed by atoms with Crippen molar-refractivity contribution in [1.82, 2.24) is 0 Å². The van der Waals surface area contributed by atoms with Gasteiger partial charge in [-0.05, 0) is 18.8 Å². The van der Waals surface area contributed by atoms with Crippen molar-refractivity contribution in [1.29, 1.82) is 0 Å². The Morgan fingerprint density at radius 3 is 2.00 bits per heavy atom. The van der Waals surface area contributed by atoms with Crippen LogP contribution in [0.2, 0.25) is 0 Å². The van der Waals surface area contributed by atoms with Crippen LogP contribution in [0.1, 0.15) is 59.3 Å². The highest BCUT2D eigenvalue weighted by Crippen LogP contribution is 2.31. The van der Waals surface area contributed by atoms with Crippen LogP contribution in [-0.2, 0) is 0 Å². The molecule has 2 N–H and O–H groups in total. The molecule has 0 bridgehead atoms. The van der Waals surface area contributed by atoms with Gasteiger partial charge in [-0.2, -0.15) is 0 Å². The van der Waals surface area contributed by atoms with Crippen LogP contribution in [0.25, 0.3) is 0 Å². The summed E-state index contributed by atoms with van der Waals surface area (Å²) < 4.78 is 0. The molecule has 15 heavy (non-hydrogen) atoms. The second-order valence-electron chi connectivity index (χ2n) is 5.22. The molecule has 0 radical (unpaired) electrons. The molecule has 0 rings (SSSR count). The van der Waals surface area contributed by atoms with Crippen LogP contribution in [-0.4, -0.2) is 23.4 Å². The Morgan fingerprint density at radius 2 is 1.60 bits per heavy atom. The summed E-state index contributed by atoms with van der Waals surface area (Å²) in [7, 11) is 0. The summed E-state index contributed by atoms with van der Waals surface area (Å²) in [6.07, 6.45) is 6.71. The Hall–Kier alpha value is -0.0800. The van der Waals surface area contributed by atoms with E-state index < -0.39 is 0 Å². The van der Waals surface area contributed by atoms with Gasteiger partial charge in [-0.15, -0.1) is 0 Å². The standard InChI is InChI=1S/C13H28O2/c1-4-5-6-7-8-13(10-14,11-15)9-12(2)3/h12,14-15H,4-11H2,1-3H3. The van der Waals surface area contributed by atoms with Crippen molar-refractivity contribution in [3.05, 3.63) is 0 Å². The fraction of sp³-hybridized carbons (Fsp3) is 1.00. The summed E-state index contributed by atoms with van der Waals surface area (Å²) in [4.78, 5) is 0. The minimum atomic E-state index is -0.234. The third-order valence-corrected chi connectivity index (χ3v) is 3.07. The van der Waals surface area contributed by atoms with E-state index in [0.717, 1.165) is 19.3 Å². The zero-order valence-electron chi connectivity index (χ0n) is 10.6. The molecule has 2 nitrogen and oxygen atoms in total. The first kappa shape index (κ1) is 14.9. The topological polar surface area (TPSA) is 40.5 Å². The predicted octanol–water partition coefficient (Wildman–Crippen LogP) is 2.97. The predicted molar refractivity (Wildman–Crippen MR) is 64.8 cm³/mol. The SMILES string of the molecule is CCCCCCC(CO)(CO)CC(C)C. The van der Waals surface area contributed by atoms with Crippen molar-refractivity contribution in [3.63, 3.8) is 0 Å². The molecule has 0 saturated carbocycles. The molecule has 0 amide bonds. The number of hydrogen-bond donors (Lipinski definition) is 2. The number of hydrogen-bond acceptors (Lipinski definition) is 2. The molecule has 0 atom stereocenters. The van der Waals surface area contributed by atoms with Gasteiger partial charge in [0.25, 0.3) is 0 Å². The van der Waals surface area contributed by atoms with Crippen LogP contribution in [0.15, 0.2) is 0 Å². The maximum atomic E-state index is 9.42. The lowest BCUT2D eigenvalue weighted by atomic mass is 9.77. The molecular formula is C13H28O2. The molecule has 0 heterocycles. The van der Waals surface area contributed by atoms with E-state index in [9.17, 15) is 10.2 Å². The monoisotopic (exact) mass is 216 g/mol. The van der Waals surface area contributed by atoms with E-state index in [1.54, 1.807) is 0 Å². The van der Waals surface area contributed by atoms with Gasteiger partial charge in [0.2, 0.25) is 0 Å². The third-order valence-electron chi connectivity index (χ3n) is 3.07. The van der Waals surface area contributed by atoms with Gasteiger partial charge in [0.15, 0.2) is 0 Å². The highest BCUT2D eigenvalue weighted by Gasteiger charge is 2.28. The molecule has 0 aliphatic heterocycles. The van der Waals surface area contributed by atoms with Gasteiger partial charge in [-0.1, -0.05) is 46.5 Å². The molecule has 0 aromatic carbocycles. The quantitative estimate of drug-likeness (QED) is 0.582. The molecule has 0 aliphatic rings. The van der Waals surface area contributed by atoms with E-state index in [2.05, 4.69) is 20.8 Å². The molecular weight excluding hydrogens is 188 g/mol. The van der Waals surface area contributed by atoms with Gasteiger partial charge in [0.05, 0.1) is 13.2 Å². The highest BCUT2D eigenvalue weighted by atomic mass is 16.3. The minimum absolute atomic E-state index is 0.119. The summed E-state index contributed by atoms with van der Waals surface area (Å²) in [5.41, 5.74) is -0.234. The molecule has 0 fully saturated rings. The van der Waals surface area contributed by atoms with Crippen molar-refractivity contribution < 1.29 is 10.2 Å². The van der Waals surface area contributed by atoms with Gasteiger partial charge in [-0.3, -0.25) is 0 Å². The first-order chi connectivity index (χ1) is 7.10. The van der Waals surface area contributed by atoms with Gasteiger partial charge in [0, 0.05) is 5.41 Å². The first-order valence-electron chi connectivity index (χ1n) is 6.32. The second kappa shape index (κ2) is 8.12. The van der Waals surface area contributed by atoms with E-state index in [0.29, 0.717) is 5.92 Å². The largest absolute Gasteiger partial charge is 0.396 e. The number of aliphatic hydroxyl groups is 2. The summed E-state index contributed by atoms with van der Waals surface area (Å²) >= 11 is 0. The van der Waals surface area contributed by atoms with E-state index in [4.69, 9.17) is 0 Å². The maximum Gasteiger partial charge on any atom is 0.0509 e. The third kappa shape index (κ3) is 6.16. The fourth-order valence-electron chi connectivity index (χ4n) is 2.23. The van der Waals surface area contributed by atoms with E-state index in [1.165, 1.54) is 19.3 Å². The lowest BCUT2D eigenvalue weighted by Gasteiger charge is -2.31. The molecule has 2 heteroatoms. The van der Waals surface area contributed by atoms with E-state index in [-0.39, 0.29) is 18.6 Å². The molecule has 92 valence electrons. The Kier molecular flexibility index (Phi) is 8.07. The zero-order valence-corrected chi connectivity index (χ0v) is 10.6. The van der Waals surface area contributed by atoms with Gasteiger partial charge in [0.1, 0.15) is 0 Å². The van der Waals surface area contributed by atoms with Crippen LogP contribution in [0.3, 0.4) is 0 Å². The molecule has 0 saturated heterocycles. The van der Waals surface area contributed by atoms with Gasteiger partial charge < -0.3 is 10.2 Å². The van der Waals surface area contributed by atoms with E-state index in [1.807, 2.05) is 0 Å². The lowest BCUT2D eigenvalue weighted by Crippen LogP contribution is -2.31. The van der Waals surface area contributed by atoms with Gasteiger partial charge >= 0.3 is 0 Å².